The van der Waals surface area contributed by atoms with Gasteiger partial charge in [0.05, 0.1) is 11.6 Å². The lowest BCUT2D eigenvalue weighted by Gasteiger charge is -2.15. The third kappa shape index (κ3) is 4.60. The molecule has 0 fully saturated rings. The number of hydrogen-bond acceptors (Lipinski definition) is 4. The first-order chi connectivity index (χ1) is 11.0. The van der Waals surface area contributed by atoms with Crippen molar-refractivity contribution in [3.63, 3.8) is 0 Å². The van der Waals surface area contributed by atoms with Crippen LogP contribution in [0.2, 0.25) is 5.02 Å². The van der Waals surface area contributed by atoms with Crippen molar-refractivity contribution in [2.75, 3.05) is 6.61 Å². The minimum atomic E-state index is -0.452. The van der Waals surface area contributed by atoms with Gasteiger partial charge in [-0.3, -0.25) is 10.2 Å². The van der Waals surface area contributed by atoms with Crippen molar-refractivity contribution in [2.24, 2.45) is 5.84 Å². The van der Waals surface area contributed by atoms with Crippen LogP contribution in [-0.2, 0) is 6.61 Å². The molecule has 3 N–H and O–H groups in total. The number of ether oxygens (including phenoxy) is 2. The van der Waals surface area contributed by atoms with Crippen molar-refractivity contribution in [3.05, 3.63) is 57.0 Å². The summed E-state index contributed by atoms with van der Waals surface area (Å²) < 4.78 is 12.3. The van der Waals surface area contributed by atoms with Gasteiger partial charge in [-0.05, 0) is 36.8 Å². The fraction of sp³-hybridized carbons (Fsp3) is 0.188. The first-order valence-corrected chi connectivity index (χ1v) is 8.06. The smallest absolute Gasteiger partial charge is 0.265 e. The zero-order chi connectivity index (χ0) is 16.8. The largest absolute Gasteiger partial charge is 0.490 e. The number of rotatable bonds is 6. The molecule has 23 heavy (non-hydrogen) atoms. The highest BCUT2D eigenvalue weighted by Gasteiger charge is 2.16. The van der Waals surface area contributed by atoms with Gasteiger partial charge in [-0.2, -0.15) is 0 Å². The molecule has 0 spiro atoms. The number of halogens is 2. The molecule has 0 heterocycles. The lowest BCUT2D eigenvalue weighted by molar-refractivity contribution is 0.0953. The zero-order valence-corrected chi connectivity index (χ0v) is 14.8. The highest BCUT2D eigenvalue weighted by atomic mass is 79.9. The van der Waals surface area contributed by atoms with Crippen molar-refractivity contribution in [2.45, 2.75) is 13.5 Å². The van der Waals surface area contributed by atoms with E-state index in [1.807, 2.05) is 31.2 Å². The van der Waals surface area contributed by atoms with Crippen molar-refractivity contribution in [1.29, 1.82) is 0 Å². The molecule has 2 aromatic rings. The summed E-state index contributed by atoms with van der Waals surface area (Å²) in [6.07, 6.45) is 0. The molecule has 0 aliphatic heterocycles. The summed E-state index contributed by atoms with van der Waals surface area (Å²) in [6.45, 7) is 2.58. The van der Waals surface area contributed by atoms with Crippen molar-refractivity contribution < 1.29 is 14.3 Å². The Hall–Kier alpha value is -1.76. The SMILES string of the molecule is CCOc1cc(C(=O)NN)cc(Cl)c1OCc1ccc(Br)cc1. The van der Waals surface area contributed by atoms with Crippen molar-refractivity contribution in [1.82, 2.24) is 5.43 Å². The summed E-state index contributed by atoms with van der Waals surface area (Å²) in [5.74, 6) is 5.49. The summed E-state index contributed by atoms with van der Waals surface area (Å²) in [6, 6.07) is 10.8. The molecule has 0 atom stereocenters. The molecule has 2 aromatic carbocycles. The molecule has 2 rings (SSSR count). The summed E-state index contributed by atoms with van der Waals surface area (Å²) >= 11 is 9.61. The Labute approximate surface area is 147 Å². The van der Waals surface area contributed by atoms with Gasteiger partial charge in [-0.25, -0.2) is 5.84 Å². The van der Waals surface area contributed by atoms with Crippen molar-refractivity contribution >= 4 is 33.4 Å². The van der Waals surface area contributed by atoms with Crippen LogP contribution in [0.3, 0.4) is 0 Å². The quantitative estimate of drug-likeness (QED) is 0.441. The third-order valence-electron chi connectivity index (χ3n) is 3.00. The minimum absolute atomic E-state index is 0.284. The monoisotopic (exact) mass is 398 g/mol. The van der Waals surface area contributed by atoms with E-state index in [-0.39, 0.29) is 5.02 Å². The number of hydrogen-bond donors (Lipinski definition) is 2. The Bertz CT molecular complexity index is 692. The van der Waals surface area contributed by atoms with E-state index in [9.17, 15) is 4.79 Å². The number of nitrogen functional groups attached to an aromatic ring is 1. The average Bonchev–Trinajstić information content (AvgIpc) is 2.55. The van der Waals surface area contributed by atoms with Gasteiger partial charge in [-0.1, -0.05) is 39.7 Å². The van der Waals surface area contributed by atoms with Crippen LogP contribution in [0.4, 0.5) is 0 Å². The average molecular weight is 400 g/mol. The fourth-order valence-electron chi connectivity index (χ4n) is 1.92. The minimum Gasteiger partial charge on any atom is -0.490 e. The number of nitrogens with one attached hydrogen (secondary N) is 1. The van der Waals surface area contributed by atoms with Gasteiger partial charge in [-0.15, -0.1) is 0 Å². The van der Waals surface area contributed by atoms with E-state index in [2.05, 4.69) is 21.4 Å². The van der Waals surface area contributed by atoms with E-state index in [1.54, 1.807) is 6.07 Å². The fourth-order valence-corrected chi connectivity index (χ4v) is 2.45. The lowest BCUT2D eigenvalue weighted by atomic mass is 10.2. The maximum atomic E-state index is 11.6. The number of nitrogens with two attached hydrogens (primary N) is 1. The van der Waals surface area contributed by atoms with Crippen LogP contribution >= 0.6 is 27.5 Å². The van der Waals surface area contributed by atoms with E-state index in [0.717, 1.165) is 10.0 Å². The van der Waals surface area contributed by atoms with E-state index in [0.29, 0.717) is 30.3 Å². The highest BCUT2D eigenvalue weighted by Crippen LogP contribution is 2.37. The Morgan fingerprint density at radius 1 is 1.26 bits per heavy atom. The number of hydrazine groups is 1. The second-order valence-corrected chi connectivity index (χ2v) is 5.93. The number of carbonyl (C=O) groups excluding carboxylic acids is 1. The number of benzene rings is 2. The predicted octanol–water partition coefficient (Wildman–Crippen LogP) is 3.68. The maximum absolute atomic E-state index is 11.6. The van der Waals surface area contributed by atoms with Gasteiger partial charge in [0, 0.05) is 10.0 Å². The summed E-state index contributed by atoms with van der Waals surface area (Å²) in [4.78, 5) is 11.6. The van der Waals surface area contributed by atoms with Gasteiger partial charge < -0.3 is 9.47 Å². The molecule has 0 aromatic heterocycles. The number of amides is 1. The van der Waals surface area contributed by atoms with Gasteiger partial charge in [0.2, 0.25) is 0 Å². The Kier molecular flexibility index (Phi) is 6.27. The number of carbonyl (C=O) groups is 1. The second kappa shape index (κ2) is 8.19. The summed E-state index contributed by atoms with van der Waals surface area (Å²) in [5.41, 5.74) is 3.35. The van der Waals surface area contributed by atoms with Crippen LogP contribution in [0.5, 0.6) is 11.5 Å². The molecule has 122 valence electrons. The van der Waals surface area contributed by atoms with Gasteiger partial charge in [0.15, 0.2) is 11.5 Å². The van der Waals surface area contributed by atoms with E-state index in [1.165, 1.54) is 6.07 Å². The van der Waals surface area contributed by atoms with Crippen molar-refractivity contribution in [3.8, 4) is 11.5 Å². The Morgan fingerprint density at radius 2 is 1.96 bits per heavy atom. The van der Waals surface area contributed by atoms with Crippen LogP contribution in [0.25, 0.3) is 0 Å². The van der Waals surface area contributed by atoms with Crippen LogP contribution in [0.1, 0.15) is 22.8 Å². The highest BCUT2D eigenvalue weighted by molar-refractivity contribution is 9.10. The molecule has 0 saturated carbocycles. The van der Waals surface area contributed by atoms with E-state index < -0.39 is 5.91 Å². The lowest BCUT2D eigenvalue weighted by Crippen LogP contribution is -2.30. The molecule has 0 bridgehead atoms. The molecule has 0 aliphatic rings. The normalized spacial score (nSPS) is 10.3. The van der Waals surface area contributed by atoms with Crippen LogP contribution in [0, 0.1) is 0 Å². The van der Waals surface area contributed by atoms with E-state index in [4.69, 9.17) is 26.9 Å². The molecular weight excluding hydrogens is 384 g/mol. The van der Waals surface area contributed by atoms with Gasteiger partial charge in [0.1, 0.15) is 6.61 Å². The summed E-state index contributed by atoms with van der Waals surface area (Å²) in [5, 5.41) is 0.284. The molecule has 5 nitrogen and oxygen atoms in total. The van der Waals surface area contributed by atoms with Gasteiger partial charge >= 0.3 is 0 Å². The topological polar surface area (TPSA) is 73.6 Å². The Balaban J connectivity index is 2.25. The zero-order valence-electron chi connectivity index (χ0n) is 12.4. The molecule has 7 heteroatoms. The summed E-state index contributed by atoms with van der Waals surface area (Å²) in [7, 11) is 0. The first-order valence-electron chi connectivity index (χ1n) is 6.89. The van der Waals surface area contributed by atoms with Crippen LogP contribution < -0.4 is 20.7 Å². The molecule has 0 radical (unpaired) electrons. The molecule has 0 unspecified atom stereocenters. The predicted molar refractivity (Wildman–Crippen MR) is 92.7 cm³/mol. The molecular formula is C16H16BrClN2O3. The standard InChI is InChI=1S/C16H16BrClN2O3/c1-2-22-14-8-11(16(21)20-19)7-13(18)15(14)23-9-10-3-5-12(17)6-4-10/h3-8H,2,9,19H2,1H3,(H,20,21). The van der Waals surface area contributed by atoms with Crippen LogP contribution in [0.15, 0.2) is 40.9 Å². The molecule has 1 amide bonds. The second-order valence-electron chi connectivity index (χ2n) is 4.61. The Morgan fingerprint density at radius 3 is 2.57 bits per heavy atom. The van der Waals surface area contributed by atoms with Gasteiger partial charge in [0.25, 0.3) is 5.91 Å². The molecule has 0 saturated heterocycles. The van der Waals surface area contributed by atoms with E-state index >= 15 is 0 Å². The van der Waals surface area contributed by atoms with Crippen LogP contribution in [-0.4, -0.2) is 12.5 Å². The first kappa shape index (κ1) is 17.6. The maximum Gasteiger partial charge on any atom is 0.265 e. The molecule has 0 aliphatic carbocycles. The third-order valence-corrected chi connectivity index (χ3v) is 3.81.